The monoisotopic (exact) mass is 167 g/mol. The maximum Gasteiger partial charge on any atom is 0.331 e. The SMILES string of the molecule is CN=C1CC=C(C(=O)O)CC1C. The van der Waals surface area contributed by atoms with Crippen molar-refractivity contribution in [1.82, 2.24) is 0 Å². The summed E-state index contributed by atoms with van der Waals surface area (Å²) in [5, 5.41) is 8.71. The van der Waals surface area contributed by atoms with Gasteiger partial charge in [-0.25, -0.2) is 4.79 Å². The molecule has 0 aromatic heterocycles. The van der Waals surface area contributed by atoms with Crippen LogP contribution in [0.3, 0.4) is 0 Å². The molecule has 0 amide bonds. The molecule has 0 saturated heterocycles. The minimum atomic E-state index is -0.794. The van der Waals surface area contributed by atoms with Gasteiger partial charge in [-0.2, -0.15) is 0 Å². The van der Waals surface area contributed by atoms with Crippen molar-refractivity contribution in [2.24, 2.45) is 10.9 Å². The quantitative estimate of drug-likeness (QED) is 0.643. The second-order valence-electron chi connectivity index (χ2n) is 3.06. The summed E-state index contributed by atoms with van der Waals surface area (Å²) >= 11 is 0. The molecule has 0 fully saturated rings. The summed E-state index contributed by atoms with van der Waals surface area (Å²) in [6.07, 6.45) is 3.06. The molecule has 66 valence electrons. The van der Waals surface area contributed by atoms with E-state index in [1.807, 2.05) is 6.92 Å². The van der Waals surface area contributed by atoms with Crippen LogP contribution in [0.5, 0.6) is 0 Å². The predicted octanol–water partition coefficient (Wildman–Crippen LogP) is 1.50. The molecule has 1 rings (SSSR count). The van der Waals surface area contributed by atoms with Crippen molar-refractivity contribution < 1.29 is 9.90 Å². The van der Waals surface area contributed by atoms with Gasteiger partial charge < -0.3 is 5.11 Å². The van der Waals surface area contributed by atoms with Gasteiger partial charge in [-0.15, -0.1) is 0 Å². The van der Waals surface area contributed by atoms with Crippen molar-refractivity contribution in [3.63, 3.8) is 0 Å². The number of carboxylic acids is 1. The van der Waals surface area contributed by atoms with E-state index in [4.69, 9.17) is 5.11 Å². The summed E-state index contributed by atoms with van der Waals surface area (Å²) in [4.78, 5) is 14.7. The van der Waals surface area contributed by atoms with Crippen LogP contribution in [-0.4, -0.2) is 23.8 Å². The number of nitrogens with zero attached hydrogens (tertiary/aromatic N) is 1. The molecular weight excluding hydrogens is 154 g/mol. The molecule has 3 heteroatoms. The Morgan fingerprint density at radius 2 is 2.42 bits per heavy atom. The number of hydrogen-bond donors (Lipinski definition) is 1. The molecule has 0 aromatic rings. The smallest absolute Gasteiger partial charge is 0.331 e. The molecule has 0 saturated carbocycles. The number of allylic oxidation sites excluding steroid dienone is 1. The van der Waals surface area contributed by atoms with Gasteiger partial charge in [0.05, 0.1) is 0 Å². The van der Waals surface area contributed by atoms with Gasteiger partial charge >= 0.3 is 5.97 Å². The van der Waals surface area contributed by atoms with E-state index in [1.54, 1.807) is 13.1 Å². The predicted molar refractivity (Wildman–Crippen MR) is 47.5 cm³/mol. The highest BCUT2D eigenvalue weighted by Gasteiger charge is 2.20. The van der Waals surface area contributed by atoms with E-state index in [-0.39, 0.29) is 5.92 Å². The first-order chi connectivity index (χ1) is 5.65. The Hall–Kier alpha value is -1.12. The van der Waals surface area contributed by atoms with Crippen LogP contribution in [0.15, 0.2) is 16.6 Å². The number of carbonyl (C=O) groups is 1. The fraction of sp³-hybridized carbons (Fsp3) is 0.556. The van der Waals surface area contributed by atoms with Gasteiger partial charge in [0.25, 0.3) is 0 Å². The number of hydrogen-bond acceptors (Lipinski definition) is 2. The summed E-state index contributed by atoms with van der Waals surface area (Å²) in [6.45, 7) is 2.01. The van der Waals surface area contributed by atoms with Crippen LogP contribution in [0, 0.1) is 5.92 Å². The average molecular weight is 167 g/mol. The Balaban J connectivity index is 2.77. The zero-order valence-electron chi connectivity index (χ0n) is 7.37. The molecule has 1 unspecified atom stereocenters. The second-order valence-corrected chi connectivity index (χ2v) is 3.06. The highest BCUT2D eigenvalue weighted by atomic mass is 16.4. The highest BCUT2D eigenvalue weighted by molar-refractivity contribution is 5.95. The van der Waals surface area contributed by atoms with Crippen molar-refractivity contribution >= 4 is 11.7 Å². The van der Waals surface area contributed by atoms with Crippen molar-refractivity contribution in [3.05, 3.63) is 11.6 Å². The van der Waals surface area contributed by atoms with E-state index in [2.05, 4.69) is 4.99 Å². The van der Waals surface area contributed by atoms with E-state index in [9.17, 15) is 4.79 Å². The molecule has 0 radical (unpaired) electrons. The molecule has 0 heterocycles. The van der Waals surface area contributed by atoms with Crippen LogP contribution >= 0.6 is 0 Å². The van der Waals surface area contributed by atoms with E-state index >= 15 is 0 Å². The Kier molecular flexibility index (Phi) is 2.63. The number of aliphatic imine (C=N–C) groups is 1. The first-order valence-corrected chi connectivity index (χ1v) is 4.03. The maximum atomic E-state index is 10.6. The fourth-order valence-corrected chi connectivity index (χ4v) is 1.45. The minimum Gasteiger partial charge on any atom is -0.478 e. The van der Waals surface area contributed by atoms with Crippen LogP contribution in [0.25, 0.3) is 0 Å². The van der Waals surface area contributed by atoms with Crippen LogP contribution in [0.1, 0.15) is 19.8 Å². The molecule has 1 aliphatic rings. The molecule has 12 heavy (non-hydrogen) atoms. The summed E-state index contributed by atoms with van der Waals surface area (Å²) in [7, 11) is 1.76. The van der Waals surface area contributed by atoms with Crippen molar-refractivity contribution in [1.29, 1.82) is 0 Å². The minimum absolute atomic E-state index is 0.283. The number of rotatable bonds is 1. The standard InChI is InChI=1S/C9H13NO2/c1-6-5-7(9(11)12)3-4-8(6)10-2/h3,6H,4-5H2,1-2H3,(H,11,12). The zero-order chi connectivity index (χ0) is 9.14. The first-order valence-electron chi connectivity index (χ1n) is 4.03. The molecule has 1 N–H and O–H groups in total. The second kappa shape index (κ2) is 3.52. The molecule has 0 bridgehead atoms. The van der Waals surface area contributed by atoms with E-state index in [0.29, 0.717) is 18.4 Å². The Bertz CT molecular complexity index is 253. The van der Waals surface area contributed by atoms with Crippen molar-refractivity contribution in [2.45, 2.75) is 19.8 Å². The van der Waals surface area contributed by atoms with Gasteiger partial charge in [-0.1, -0.05) is 13.0 Å². The molecule has 0 aromatic carbocycles. The molecule has 1 aliphatic carbocycles. The Morgan fingerprint density at radius 3 is 2.83 bits per heavy atom. The topological polar surface area (TPSA) is 49.7 Å². The van der Waals surface area contributed by atoms with Gasteiger partial charge in [0, 0.05) is 24.8 Å². The Morgan fingerprint density at radius 1 is 1.75 bits per heavy atom. The van der Waals surface area contributed by atoms with Crippen LogP contribution in [0.2, 0.25) is 0 Å². The molecule has 0 spiro atoms. The van der Waals surface area contributed by atoms with Gasteiger partial charge in [-0.05, 0) is 12.3 Å². The van der Waals surface area contributed by atoms with Gasteiger partial charge in [0.2, 0.25) is 0 Å². The van der Waals surface area contributed by atoms with Gasteiger partial charge in [0.1, 0.15) is 0 Å². The van der Waals surface area contributed by atoms with Crippen molar-refractivity contribution in [3.8, 4) is 0 Å². The summed E-state index contributed by atoms with van der Waals surface area (Å²) in [5.41, 5.74) is 1.62. The summed E-state index contributed by atoms with van der Waals surface area (Å²) < 4.78 is 0. The van der Waals surface area contributed by atoms with E-state index < -0.39 is 5.97 Å². The molecular formula is C9H13NO2. The lowest BCUT2D eigenvalue weighted by molar-refractivity contribution is -0.132. The van der Waals surface area contributed by atoms with E-state index in [1.165, 1.54) is 0 Å². The summed E-state index contributed by atoms with van der Waals surface area (Å²) in [5.74, 6) is -0.511. The molecule has 1 atom stereocenters. The Labute approximate surface area is 71.8 Å². The van der Waals surface area contributed by atoms with Crippen molar-refractivity contribution in [2.75, 3.05) is 7.05 Å². The van der Waals surface area contributed by atoms with E-state index in [0.717, 1.165) is 5.71 Å². The van der Waals surface area contributed by atoms with Crippen LogP contribution in [0.4, 0.5) is 0 Å². The number of aliphatic carboxylic acids is 1. The third-order valence-corrected chi connectivity index (χ3v) is 2.21. The number of carboxylic acid groups (broad SMARTS) is 1. The third-order valence-electron chi connectivity index (χ3n) is 2.21. The normalized spacial score (nSPS) is 27.0. The van der Waals surface area contributed by atoms with Gasteiger partial charge in [0.15, 0.2) is 0 Å². The molecule has 0 aliphatic heterocycles. The summed E-state index contributed by atoms with van der Waals surface area (Å²) in [6, 6.07) is 0. The zero-order valence-corrected chi connectivity index (χ0v) is 7.37. The lowest BCUT2D eigenvalue weighted by atomic mass is 9.88. The van der Waals surface area contributed by atoms with Crippen LogP contribution < -0.4 is 0 Å². The highest BCUT2D eigenvalue weighted by Crippen LogP contribution is 2.21. The first kappa shape index (κ1) is 8.97. The molecule has 3 nitrogen and oxygen atoms in total. The van der Waals surface area contributed by atoms with Crippen LogP contribution in [-0.2, 0) is 4.79 Å². The fourth-order valence-electron chi connectivity index (χ4n) is 1.45. The van der Waals surface area contributed by atoms with Gasteiger partial charge in [-0.3, -0.25) is 4.99 Å². The lowest BCUT2D eigenvalue weighted by Gasteiger charge is -2.18. The lowest BCUT2D eigenvalue weighted by Crippen LogP contribution is -2.19. The maximum absolute atomic E-state index is 10.6. The largest absolute Gasteiger partial charge is 0.478 e. The third kappa shape index (κ3) is 1.72. The average Bonchev–Trinajstić information content (AvgIpc) is 2.04.